The maximum absolute atomic E-state index is 13.2. The Kier molecular flexibility index (Phi) is 14.4. The molecule has 1 unspecified atom stereocenters. The maximum Gasteiger partial charge on any atom is 0.410 e. The number of allylic oxidation sites excluding steroid dienone is 1. The highest BCUT2D eigenvalue weighted by molar-refractivity contribution is 7.89. The molecule has 1 heterocycles. The van der Waals surface area contributed by atoms with Gasteiger partial charge in [-0.2, -0.15) is 0 Å². The van der Waals surface area contributed by atoms with Crippen LogP contribution in [0.2, 0.25) is 0 Å². The molecule has 1 atom stereocenters. The number of carbonyl (C=O) groups is 1. The Bertz CT molecular complexity index is 1370. The Morgan fingerprint density at radius 2 is 1.57 bits per heavy atom. The summed E-state index contributed by atoms with van der Waals surface area (Å²) in [5.74, 6) is 0.0609. The fraction of sp³-hybridized carbons (Fsp3) is 0.400. The van der Waals surface area contributed by atoms with Gasteiger partial charge in [0, 0.05) is 39.3 Å². The summed E-state index contributed by atoms with van der Waals surface area (Å²) < 4.78 is 33.7. The lowest BCUT2D eigenvalue weighted by Crippen LogP contribution is -2.48. The van der Waals surface area contributed by atoms with Crippen molar-refractivity contribution in [2.24, 2.45) is 0 Å². The van der Waals surface area contributed by atoms with Crippen molar-refractivity contribution >= 4 is 28.5 Å². The number of nitrogens with zero attached hydrogens (tertiary/aromatic N) is 3. The standard InChI is InChI=1S/C35H45N3O4S.ClH/c1-3-4-14-24-38(35(39)42-29-30-15-8-5-9-16-30)33-22-26-37(27-23-33)25-21-32(31-17-10-6-11-18-31)28-36(2)43(40,41)34-19-12-7-13-20-34;/h3,5-13,15-20,32-33H,1,4,14,21-29H2,2H3;1H. The number of carbonyl (C=O) groups excluding carboxylic acids is 1. The van der Waals surface area contributed by atoms with E-state index >= 15 is 0 Å². The van der Waals surface area contributed by atoms with Crippen molar-refractivity contribution in [2.45, 2.75) is 55.6 Å². The second-order valence-electron chi connectivity index (χ2n) is 11.2. The van der Waals surface area contributed by atoms with Crippen LogP contribution in [0.3, 0.4) is 0 Å². The number of likely N-dealkylation sites (N-methyl/N-ethyl adjacent to an activating group) is 1. The molecule has 44 heavy (non-hydrogen) atoms. The summed E-state index contributed by atoms with van der Waals surface area (Å²) in [7, 11) is -1.91. The topological polar surface area (TPSA) is 70.2 Å². The minimum Gasteiger partial charge on any atom is -0.445 e. The van der Waals surface area contributed by atoms with Crippen LogP contribution in [0.15, 0.2) is 109 Å². The minimum atomic E-state index is -3.58. The Morgan fingerprint density at radius 3 is 2.18 bits per heavy atom. The average molecular weight is 640 g/mol. The largest absolute Gasteiger partial charge is 0.445 e. The van der Waals surface area contributed by atoms with Crippen molar-refractivity contribution in [3.63, 3.8) is 0 Å². The van der Waals surface area contributed by atoms with Crippen LogP contribution >= 0.6 is 12.4 Å². The van der Waals surface area contributed by atoms with Crippen LogP contribution in [0.25, 0.3) is 0 Å². The molecule has 1 fully saturated rings. The van der Waals surface area contributed by atoms with Gasteiger partial charge in [-0.3, -0.25) is 0 Å². The van der Waals surface area contributed by atoms with Gasteiger partial charge in [-0.1, -0.05) is 84.9 Å². The average Bonchev–Trinajstić information content (AvgIpc) is 3.05. The smallest absolute Gasteiger partial charge is 0.410 e. The van der Waals surface area contributed by atoms with Crippen molar-refractivity contribution < 1.29 is 17.9 Å². The number of ether oxygens (including phenoxy) is 1. The Morgan fingerprint density at radius 1 is 0.977 bits per heavy atom. The van der Waals surface area contributed by atoms with Gasteiger partial charge < -0.3 is 14.5 Å². The molecule has 1 aliphatic heterocycles. The fourth-order valence-electron chi connectivity index (χ4n) is 5.69. The van der Waals surface area contributed by atoms with Gasteiger partial charge in [-0.15, -0.1) is 19.0 Å². The number of hydrogen-bond donors (Lipinski definition) is 0. The zero-order valence-electron chi connectivity index (χ0n) is 25.7. The molecule has 1 aliphatic rings. The molecule has 0 radical (unpaired) electrons. The molecule has 238 valence electrons. The molecule has 9 heteroatoms. The van der Waals surface area contributed by atoms with E-state index in [1.807, 2.05) is 65.6 Å². The lowest BCUT2D eigenvalue weighted by molar-refractivity contribution is 0.0597. The lowest BCUT2D eigenvalue weighted by Gasteiger charge is -2.38. The summed E-state index contributed by atoms with van der Waals surface area (Å²) in [5, 5.41) is 0. The van der Waals surface area contributed by atoms with Crippen LogP contribution in [-0.4, -0.2) is 74.4 Å². The molecule has 4 rings (SSSR count). The van der Waals surface area contributed by atoms with E-state index in [0.717, 1.165) is 62.9 Å². The first-order chi connectivity index (χ1) is 20.9. The van der Waals surface area contributed by atoms with Gasteiger partial charge in [0.1, 0.15) is 6.61 Å². The van der Waals surface area contributed by atoms with E-state index in [-0.39, 0.29) is 37.1 Å². The third kappa shape index (κ3) is 10.2. The molecule has 1 saturated heterocycles. The van der Waals surface area contributed by atoms with Gasteiger partial charge >= 0.3 is 6.09 Å². The van der Waals surface area contributed by atoms with E-state index < -0.39 is 10.0 Å². The first-order valence-electron chi connectivity index (χ1n) is 15.3. The number of piperidine rings is 1. The molecule has 0 aliphatic carbocycles. The van der Waals surface area contributed by atoms with Crippen molar-refractivity contribution in [3.8, 4) is 0 Å². The highest BCUT2D eigenvalue weighted by Crippen LogP contribution is 2.26. The predicted octanol–water partition coefficient (Wildman–Crippen LogP) is 6.97. The van der Waals surface area contributed by atoms with Gasteiger partial charge in [-0.05, 0) is 67.8 Å². The minimum absolute atomic E-state index is 0. The second-order valence-corrected chi connectivity index (χ2v) is 13.3. The number of amides is 1. The van der Waals surface area contributed by atoms with E-state index in [0.29, 0.717) is 18.0 Å². The fourth-order valence-corrected chi connectivity index (χ4v) is 6.93. The van der Waals surface area contributed by atoms with Crippen LogP contribution in [0.5, 0.6) is 0 Å². The van der Waals surface area contributed by atoms with Crippen LogP contribution in [0.4, 0.5) is 4.79 Å². The van der Waals surface area contributed by atoms with Crippen LogP contribution < -0.4 is 0 Å². The van der Waals surface area contributed by atoms with Gasteiger partial charge in [0.25, 0.3) is 0 Å². The molecule has 0 bridgehead atoms. The van der Waals surface area contributed by atoms with Crippen molar-refractivity contribution in [3.05, 3.63) is 115 Å². The third-order valence-electron chi connectivity index (χ3n) is 8.24. The molecule has 3 aromatic carbocycles. The monoisotopic (exact) mass is 639 g/mol. The first kappa shape index (κ1) is 35.3. The summed E-state index contributed by atoms with van der Waals surface area (Å²) in [4.78, 5) is 17.8. The molecule has 0 spiro atoms. The molecular weight excluding hydrogens is 594 g/mol. The number of benzene rings is 3. The summed E-state index contributed by atoms with van der Waals surface area (Å²) in [6.07, 6.45) is 5.96. The van der Waals surface area contributed by atoms with Crippen molar-refractivity contribution in [1.29, 1.82) is 0 Å². The quantitative estimate of drug-likeness (QED) is 0.133. The molecule has 0 aromatic heterocycles. The molecule has 0 saturated carbocycles. The molecule has 3 aromatic rings. The van der Waals surface area contributed by atoms with E-state index in [1.54, 1.807) is 31.3 Å². The Balaban J connectivity index is 0.00000529. The van der Waals surface area contributed by atoms with E-state index in [1.165, 1.54) is 4.31 Å². The van der Waals surface area contributed by atoms with Crippen LogP contribution in [0, 0.1) is 0 Å². The molecule has 7 nitrogen and oxygen atoms in total. The van der Waals surface area contributed by atoms with Gasteiger partial charge in [0.05, 0.1) is 4.90 Å². The SMILES string of the molecule is C=CCCCN(C(=O)OCc1ccccc1)C1CCN(CCC(CN(C)S(=O)(=O)c2ccccc2)c2ccccc2)CC1.Cl. The van der Waals surface area contributed by atoms with Crippen LogP contribution in [-0.2, 0) is 21.4 Å². The zero-order chi connectivity index (χ0) is 30.5. The van der Waals surface area contributed by atoms with E-state index in [2.05, 4.69) is 23.6 Å². The van der Waals surface area contributed by atoms with Gasteiger partial charge in [0.2, 0.25) is 10.0 Å². The summed E-state index contributed by atoms with van der Waals surface area (Å²) in [5.41, 5.74) is 2.12. The number of likely N-dealkylation sites (tertiary alicyclic amines) is 1. The van der Waals surface area contributed by atoms with Gasteiger partial charge in [-0.25, -0.2) is 17.5 Å². The Hall–Kier alpha value is -3.17. The number of hydrogen-bond acceptors (Lipinski definition) is 5. The normalized spacial score (nSPS) is 14.9. The number of unbranched alkanes of at least 4 members (excludes halogenated alkanes) is 1. The second kappa shape index (κ2) is 18.0. The summed E-state index contributed by atoms with van der Waals surface area (Å²) >= 11 is 0. The summed E-state index contributed by atoms with van der Waals surface area (Å²) in [6.45, 7) is 7.78. The number of rotatable bonds is 15. The van der Waals surface area contributed by atoms with Crippen molar-refractivity contribution in [2.75, 3.05) is 39.8 Å². The number of halogens is 1. The zero-order valence-corrected chi connectivity index (χ0v) is 27.3. The highest BCUT2D eigenvalue weighted by Gasteiger charge is 2.30. The Labute approximate surface area is 270 Å². The lowest BCUT2D eigenvalue weighted by atomic mass is 9.94. The van der Waals surface area contributed by atoms with E-state index in [9.17, 15) is 13.2 Å². The highest BCUT2D eigenvalue weighted by atomic mass is 35.5. The van der Waals surface area contributed by atoms with Crippen LogP contribution in [0.1, 0.15) is 49.1 Å². The predicted molar refractivity (Wildman–Crippen MR) is 180 cm³/mol. The van der Waals surface area contributed by atoms with Crippen molar-refractivity contribution in [1.82, 2.24) is 14.1 Å². The first-order valence-corrected chi connectivity index (χ1v) is 16.7. The molecular formula is C35H46ClN3O4S. The van der Waals surface area contributed by atoms with Gasteiger partial charge in [0.15, 0.2) is 0 Å². The maximum atomic E-state index is 13.2. The molecule has 1 amide bonds. The molecule has 0 N–H and O–H groups in total. The van der Waals surface area contributed by atoms with E-state index in [4.69, 9.17) is 4.74 Å². The summed E-state index contributed by atoms with van der Waals surface area (Å²) in [6, 6.07) is 28.7. The third-order valence-corrected chi connectivity index (χ3v) is 10.1. The number of sulfonamides is 1.